The van der Waals surface area contributed by atoms with E-state index in [1.165, 1.54) is 11.8 Å². The molecule has 0 aliphatic rings. The van der Waals surface area contributed by atoms with Crippen LogP contribution in [0, 0.1) is 5.21 Å². The van der Waals surface area contributed by atoms with Gasteiger partial charge in [-0.05, 0) is 24.3 Å². The van der Waals surface area contributed by atoms with Crippen molar-refractivity contribution < 1.29 is 15.2 Å². The van der Waals surface area contributed by atoms with Crippen molar-refractivity contribution in [3.8, 4) is 0 Å². The largest absolute Gasteiger partial charge is 0.595 e. The van der Waals surface area contributed by atoms with E-state index in [2.05, 4.69) is 4.98 Å². The number of pyridine rings is 1. The Kier molecular flexibility index (Phi) is 3.24. The van der Waals surface area contributed by atoms with Gasteiger partial charge in [-0.25, -0.2) is 5.21 Å². The molecule has 1 unspecified atom stereocenters. The first kappa shape index (κ1) is 12.4. The van der Waals surface area contributed by atoms with E-state index in [1.54, 1.807) is 37.5 Å². The summed E-state index contributed by atoms with van der Waals surface area (Å²) in [6.07, 6.45) is 1.60. The topological polar surface area (TPSA) is 80.9 Å². The number of anilines is 1. The van der Waals surface area contributed by atoms with Gasteiger partial charge in [0.15, 0.2) is 5.69 Å². The first-order valence-corrected chi connectivity index (χ1v) is 5.37. The average molecular weight is 247 g/mol. The van der Waals surface area contributed by atoms with Gasteiger partial charge in [0.05, 0.1) is 10.9 Å². The maximum absolute atomic E-state index is 11.4. The van der Waals surface area contributed by atoms with Crippen LogP contribution in [0.4, 0.5) is 11.4 Å². The van der Waals surface area contributed by atoms with Gasteiger partial charge in [0.1, 0.15) is 5.69 Å². The summed E-state index contributed by atoms with van der Waals surface area (Å²) in [6, 6.07) is 6.66. The second-order valence-electron chi connectivity index (χ2n) is 3.91. The molecule has 0 fully saturated rings. The van der Waals surface area contributed by atoms with Gasteiger partial charge in [-0.2, -0.15) is 5.23 Å². The van der Waals surface area contributed by atoms with Crippen LogP contribution in [0.1, 0.15) is 6.92 Å². The first-order valence-electron chi connectivity index (χ1n) is 5.37. The second kappa shape index (κ2) is 4.69. The van der Waals surface area contributed by atoms with E-state index in [-0.39, 0.29) is 11.6 Å². The quantitative estimate of drug-likeness (QED) is 0.762. The maximum atomic E-state index is 11.4. The summed E-state index contributed by atoms with van der Waals surface area (Å²) in [6.45, 7) is 1.39. The predicted molar refractivity (Wildman–Crippen MR) is 66.6 cm³/mol. The number of carbonyl (C=O) groups is 1. The lowest BCUT2D eigenvalue weighted by molar-refractivity contribution is -0.990. The van der Waals surface area contributed by atoms with Gasteiger partial charge in [-0.1, -0.05) is 0 Å². The van der Waals surface area contributed by atoms with Crippen molar-refractivity contribution in [3.05, 3.63) is 35.7 Å². The molecule has 0 spiro atoms. The summed E-state index contributed by atoms with van der Waals surface area (Å²) < 4.78 is 0. The molecule has 0 aliphatic carbocycles. The van der Waals surface area contributed by atoms with E-state index in [0.29, 0.717) is 16.6 Å². The minimum atomic E-state index is -1.07. The molecule has 6 nitrogen and oxygen atoms in total. The van der Waals surface area contributed by atoms with Crippen LogP contribution in [0.3, 0.4) is 0 Å². The van der Waals surface area contributed by atoms with E-state index in [4.69, 9.17) is 0 Å². The van der Waals surface area contributed by atoms with E-state index in [0.717, 1.165) is 0 Å². The third-order valence-corrected chi connectivity index (χ3v) is 2.81. The van der Waals surface area contributed by atoms with Crippen molar-refractivity contribution >= 4 is 28.2 Å². The molecular formula is C12H13N3O3. The Labute approximate surface area is 104 Å². The second-order valence-corrected chi connectivity index (χ2v) is 3.91. The Balaban J connectivity index is 2.74. The van der Waals surface area contributed by atoms with Gasteiger partial charge in [-0.15, -0.1) is 0 Å². The van der Waals surface area contributed by atoms with Crippen LogP contribution in [-0.4, -0.2) is 23.1 Å². The molecule has 0 aliphatic heterocycles. The third kappa shape index (κ3) is 2.04. The Morgan fingerprint density at radius 2 is 2.17 bits per heavy atom. The van der Waals surface area contributed by atoms with Gasteiger partial charge in [0, 0.05) is 20.2 Å². The summed E-state index contributed by atoms with van der Waals surface area (Å²) in [5.74, 6) is -0.222. The molecular weight excluding hydrogens is 234 g/mol. The molecule has 0 bridgehead atoms. The minimum Gasteiger partial charge on any atom is -0.595 e. The van der Waals surface area contributed by atoms with Crippen LogP contribution in [0.2, 0.25) is 0 Å². The van der Waals surface area contributed by atoms with Crippen LogP contribution in [0.25, 0.3) is 10.9 Å². The molecule has 2 rings (SSSR count). The van der Waals surface area contributed by atoms with E-state index >= 15 is 0 Å². The first-order chi connectivity index (χ1) is 8.52. The molecule has 0 radical (unpaired) electrons. The third-order valence-electron chi connectivity index (χ3n) is 2.81. The van der Waals surface area contributed by atoms with Gasteiger partial charge >= 0.3 is 0 Å². The van der Waals surface area contributed by atoms with Crippen molar-refractivity contribution in [3.63, 3.8) is 0 Å². The van der Waals surface area contributed by atoms with Gasteiger partial charge in [0.25, 0.3) is 0 Å². The molecule has 0 saturated carbocycles. The number of nitrogens with one attached hydrogen (secondary N) is 1. The van der Waals surface area contributed by atoms with Crippen LogP contribution < -0.4 is 10.1 Å². The zero-order valence-electron chi connectivity index (χ0n) is 10.0. The smallest absolute Gasteiger partial charge is 0.223 e. The lowest BCUT2D eigenvalue weighted by Crippen LogP contribution is -2.99. The molecule has 1 aromatic carbocycles. The number of nitrogens with zero attached hydrogens (tertiary/aromatic N) is 2. The van der Waals surface area contributed by atoms with Crippen molar-refractivity contribution in [2.45, 2.75) is 6.92 Å². The predicted octanol–water partition coefficient (Wildman–Crippen LogP) is 0.621. The van der Waals surface area contributed by atoms with E-state index < -0.39 is 5.23 Å². The van der Waals surface area contributed by atoms with Gasteiger partial charge in [-0.3, -0.25) is 9.78 Å². The molecule has 1 heterocycles. The Hall–Kier alpha value is -2.02. The molecule has 2 aromatic rings. The Bertz CT molecular complexity index is 598. The Morgan fingerprint density at radius 3 is 2.78 bits per heavy atom. The van der Waals surface area contributed by atoms with Crippen LogP contribution in [0.5, 0.6) is 0 Å². The highest BCUT2D eigenvalue weighted by atomic mass is 16.8. The number of hydrogen-bond donors (Lipinski definition) is 2. The summed E-state index contributed by atoms with van der Waals surface area (Å²) in [7, 11) is 1.55. The summed E-state index contributed by atoms with van der Waals surface area (Å²) in [5.41, 5.74) is 1.06. The summed E-state index contributed by atoms with van der Waals surface area (Å²) in [4.78, 5) is 16.8. The molecule has 1 aromatic heterocycles. The van der Waals surface area contributed by atoms with Crippen LogP contribution >= 0.6 is 0 Å². The molecule has 6 heteroatoms. The maximum Gasteiger partial charge on any atom is 0.223 e. The number of amides is 1. The highest BCUT2D eigenvalue weighted by molar-refractivity contribution is 6.01. The molecule has 1 amide bonds. The number of carbonyl (C=O) groups excluding carboxylic acids is 1. The molecule has 0 saturated heterocycles. The lowest BCUT2D eigenvalue weighted by Gasteiger charge is -2.22. The fourth-order valence-electron chi connectivity index (χ4n) is 1.81. The standard InChI is InChI=1S/C12H13N3O3/c1-8(16)14(2)11-6-5-10-9(4-3-7-13-10)12(11)15(17)18/h3-7,15,17H,1-2H3. The molecule has 18 heavy (non-hydrogen) atoms. The van der Waals surface area contributed by atoms with Gasteiger partial charge in [0.2, 0.25) is 5.91 Å². The number of fused-ring (bicyclic) bond motifs is 1. The average Bonchev–Trinajstić information content (AvgIpc) is 2.36. The fourth-order valence-corrected chi connectivity index (χ4v) is 1.81. The monoisotopic (exact) mass is 247 g/mol. The number of hydrogen-bond acceptors (Lipinski definition) is 4. The highest BCUT2D eigenvalue weighted by Gasteiger charge is 2.19. The van der Waals surface area contributed by atoms with Crippen LogP contribution in [0.15, 0.2) is 30.5 Å². The van der Waals surface area contributed by atoms with Gasteiger partial charge < -0.3 is 10.1 Å². The summed E-state index contributed by atoms with van der Waals surface area (Å²) in [5, 5.41) is 20.2. The van der Waals surface area contributed by atoms with Crippen LogP contribution in [-0.2, 0) is 4.79 Å². The zero-order valence-corrected chi connectivity index (χ0v) is 10.0. The van der Waals surface area contributed by atoms with Crippen molar-refractivity contribution in [2.75, 3.05) is 11.9 Å². The van der Waals surface area contributed by atoms with Crippen molar-refractivity contribution in [1.29, 1.82) is 0 Å². The SMILES string of the molecule is CC(=O)N(C)c1ccc2ncccc2c1[NH+]([O-])O. The number of rotatable bonds is 2. The molecule has 94 valence electrons. The fraction of sp³-hybridized carbons (Fsp3) is 0.167. The van der Waals surface area contributed by atoms with E-state index in [1.807, 2.05) is 0 Å². The summed E-state index contributed by atoms with van der Waals surface area (Å²) >= 11 is 0. The Morgan fingerprint density at radius 1 is 1.44 bits per heavy atom. The molecule has 1 atom stereocenters. The lowest BCUT2D eigenvalue weighted by atomic mass is 10.1. The molecule has 2 N–H and O–H groups in total. The number of benzene rings is 1. The number of quaternary nitrogens is 1. The minimum absolute atomic E-state index is 0.0956. The van der Waals surface area contributed by atoms with E-state index in [9.17, 15) is 15.2 Å². The highest BCUT2D eigenvalue weighted by Crippen LogP contribution is 2.29. The van der Waals surface area contributed by atoms with Crippen molar-refractivity contribution in [1.82, 2.24) is 4.98 Å². The van der Waals surface area contributed by atoms with Crippen molar-refractivity contribution in [2.24, 2.45) is 0 Å². The normalized spacial score (nSPS) is 12.4. The zero-order chi connectivity index (χ0) is 13.3. The number of aromatic nitrogens is 1.